The Morgan fingerprint density at radius 3 is 2.82 bits per heavy atom. The van der Waals surface area contributed by atoms with Crippen LogP contribution in [0.15, 0.2) is 0 Å². The van der Waals surface area contributed by atoms with Crippen molar-refractivity contribution in [2.45, 2.75) is 32.1 Å². The lowest BCUT2D eigenvalue weighted by atomic mass is 10.3. The van der Waals surface area contributed by atoms with Crippen LogP contribution in [0.5, 0.6) is 0 Å². The van der Waals surface area contributed by atoms with E-state index in [1.165, 1.54) is 0 Å². The van der Waals surface area contributed by atoms with Crippen LogP contribution in [0.25, 0.3) is 0 Å². The lowest BCUT2D eigenvalue weighted by Gasteiger charge is -2.19. The zero-order chi connectivity index (χ0) is 10.9. The molecule has 3 nitrogen and oxygen atoms in total. The molecule has 1 aliphatic heterocycles. The number of likely N-dealkylation sites (tertiary alicyclic amines) is 1. The monoisotopic (exact) mass is 162 g/mol. The molecule has 1 saturated heterocycles. The Morgan fingerprint density at radius 2 is 2.36 bits per heavy atom. The molecule has 0 bridgehead atoms. The number of β-amino-alcohol motifs (C(OH)–C–C–N with tert-alkyl or cyclic N) is 1. The molecule has 3 heteroatoms. The van der Waals surface area contributed by atoms with Crippen molar-refractivity contribution >= 4 is 0 Å². The molecule has 0 aromatic heterocycles. The average Bonchev–Trinajstić information content (AvgIpc) is 2.29. The molecule has 0 spiro atoms. The first-order chi connectivity index (χ1) is 6.29. The van der Waals surface area contributed by atoms with Crippen molar-refractivity contribution in [2.75, 3.05) is 20.1 Å². The van der Waals surface area contributed by atoms with Gasteiger partial charge in [-0.2, -0.15) is 0 Å². The first-order valence-corrected chi connectivity index (χ1v) is 3.89. The molecule has 1 rings (SSSR count). The predicted molar refractivity (Wildman–Crippen MR) is 43.5 cm³/mol. The van der Waals surface area contributed by atoms with E-state index in [2.05, 4.69) is 0 Å². The number of hydrogen-bond donors (Lipinski definition) is 1. The Kier molecular flexibility index (Phi) is 1.76. The SMILES string of the molecule is [2H]C([2H])([2H])O[C@@H]1CN(C(C)C)C[C@@H]1O. The van der Waals surface area contributed by atoms with Crippen LogP contribution in [-0.4, -0.2) is 48.4 Å². The van der Waals surface area contributed by atoms with Gasteiger partial charge in [0.2, 0.25) is 0 Å². The van der Waals surface area contributed by atoms with Crippen LogP contribution < -0.4 is 0 Å². The maximum atomic E-state index is 9.55. The second-order valence-electron chi connectivity index (χ2n) is 3.27. The summed E-state index contributed by atoms with van der Waals surface area (Å²) in [6.45, 7) is 4.98. The Bertz CT molecular complexity index is 196. The van der Waals surface area contributed by atoms with Crippen LogP contribution in [0.3, 0.4) is 0 Å². The van der Waals surface area contributed by atoms with E-state index in [1.807, 2.05) is 18.7 Å². The molecule has 0 radical (unpaired) electrons. The number of aliphatic hydroxyl groups is 1. The van der Waals surface area contributed by atoms with Crippen LogP contribution in [0.1, 0.15) is 18.0 Å². The van der Waals surface area contributed by atoms with Crippen LogP contribution in [-0.2, 0) is 4.74 Å². The highest BCUT2D eigenvalue weighted by atomic mass is 16.5. The number of rotatable bonds is 2. The molecule has 0 aliphatic carbocycles. The van der Waals surface area contributed by atoms with E-state index in [0.29, 0.717) is 19.1 Å². The molecule has 66 valence electrons. The van der Waals surface area contributed by atoms with Crippen LogP contribution in [0, 0.1) is 0 Å². The molecular formula is C8H17NO2. The van der Waals surface area contributed by atoms with Crippen LogP contribution in [0.4, 0.5) is 0 Å². The Balaban J connectivity index is 2.49. The van der Waals surface area contributed by atoms with Gasteiger partial charge in [0.15, 0.2) is 0 Å². The minimum atomic E-state index is -2.42. The van der Waals surface area contributed by atoms with Crippen LogP contribution >= 0.6 is 0 Å². The Morgan fingerprint density at radius 1 is 1.64 bits per heavy atom. The van der Waals surface area contributed by atoms with E-state index in [4.69, 9.17) is 8.85 Å². The normalized spacial score (nSPS) is 38.7. The summed E-state index contributed by atoms with van der Waals surface area (Å²) in [5.41, 5.74) is 0. The van der Waals surface area contributed by atoms with Crippen molar-refractivity contribution in [3.05, 3.63) is 0 Å². The molecule has 1 fully saturated rings. The van der Waals surface area contributed by atoms with Crippen molar-refractivity contribution in [1.82, 2.24) is 4.90 Å². The zero-order valence-electron chi connectivity index (χ0n) is 9.95. The van der Waals surface area contributed by atoms with Crippen molar-refractivity contribution in [3.8, 4) is 0 Å². The van der Waals surface area contributed by atoms with Gasteiger partial charge in [-0.05, 0) is 13.8 Å². The molecule has 1 heterocycles. The van der Waals surface area contributed by atoms with Crippen molar-refractivity contribution in [1.29, 1.82) is 0 Å². The largest absolute Gasteiger partial charge is 0.389 e. The maximum absolute atomic E-state index is 9.55. The van der Waals surface area contributed by atoms with Gasteiger partial charge in [-0.15, -0.1) is 0 Å². The number of aliphatic hydroxyl groups excluding tert-OH is 1. The number of hydrogen-bond acceptors (Lipinski definition) is 3. The summed E-state index contributed by atoms with van der Waals surface area (Å²) in [6.07, 6.45) is -1.29. The van der Waals surface area contributed by atoms with Crippen molar-refractivity contribution in [3.63, 3.8) is 0 Å². The van der Waals surface area contributed by atoms with E-state index >= 15 is 0 Å². The van der Waals surface area contributed by atoms with Gasteiger partial charge < -0.3 is 9.84 Å². The molecule has 2 atom stereocenters. The molecular weight excluding hydrogens is 142 g/mol. The van der Waals surface area contributed by atoms with E-state index in [-0.39, 0.29) is 0 Å². The molecule has 0 unspecified atom stereocenters. The summed E-state index contributed by atoms with van der Waals surface area (Å²) >= 11 is 0. The smallest absolute Gasteiger partial charge is 0.0969 e. The highest BCUT2D eigenvalue weighted by molar-refractivity contribution is 4.85. The third-order valence-corrected chi connectivity index (χ3v) is 2.15. The Labute approximate surface area is 72.2 Å². The van der Waals surface area contributed by atoms with Gasteiger partial charge in [0.05, 0.1) is 16.3 Å². The standard InChI is InChI=1S/C8H17NO2/c1-6(2)9-4-7(10)8(5-9)11-3/h6-8,10H,4-5H2,1-3H3/t7-,8+/m0/s1/i3D3. The van der Waals surface area contributed by atoms with Gasteiger partial charge in [0.1, 0.15) is 0 Å². The number of nitrogens with zero attached hydrogens (tertiary/aromatic N) is 1. The van der Waals surface area contributed by atoms with Crippen LogP contribution in [0.2, 0.25) is 0 Å². The van der Waals surface area contributed by atoms with Gasteiger partial charge in [-0.1, -0.05) is 0 Å². The zero-order valence-corrected chi connectivity index (χ0v) is 6.95. The van der Waals surface area contributed by atoms with Crippen molar-refractivity contribution in [2.24, 2.45) is 0 Å². The van der Waals surface area contributed by atoms with E-state index in [1.54, 1.807) is 0 Å². The molecule has 11 heavy (non-hydrogen) atoms. The first-order valence-electron chi connectivity index (χ1n) is 5.39. The van der Waals surface area contributed by atoms with Gasteiger partial charge >= 0.3 is 0 Å². The summed E-state index contributed by atoms with van der Waals surface area (Å²) < 4.78 is 25.6. The third kappa shape index (κ3) is 1.92. The molecule has 0 saturated carbocycles. The molecule has 1 N–H and O–H groups in total. The molecule has 0 aromatic rings. The average molecular weight is 162 g/mol. The third-order valence-electron chi connectivity index (χ3n) is 2.15. The first kappa shape index (κ1) is 5.51. The highest BCUT2D eigenvalue weighted by Crippen LogP contribution is 2.14. The fourth-order valence-electron chi connectivity index (χ4n) is 1.32. The minimum absolute atomic E-state index is 0.301. The van der Waals surface area contributed by atoms with E-state index in [0.717, 1.165) is 0 Å². The second-order valence-corrected chi connectivity index (χ2v) is 3.27. The number of methoxy groups -OCH3 is 1. The summed E-state index contributed by atoms with van der Waals surface area (Å²) in [6, 6.07) is 0.301. The maximum Gasteiger partial charge on any atom is 0.0969 e. The highest BCUT2D eigenvalue weighted by Gasteiger charge is 2.32. The molecule has 1 aliphatic rings. The molecule has 0 aromatic carbocycles. The lowest BCUT2D eigenvalue weighted by Crippen LogP contribution is -2.29. The summed E-state index contributed by atoms with van der Waals surface area (Å²) in [5, 5.41) is 9.55. The lowest BCUT2D eigenvalue weighted by molar-refractivity contribution is 0.0214. The molecule has 0 amide bonds. The van der Waals surface area contributed by atoms with Crippen molar-refractivity contribution < 1.29 is 14.0 Å². The minimum Gasteiger partial charge on any atom is -0.389 e. The van der Waals surface area contributed by atoms with Gasteiger partial charge in [-0.3, -0.25) is 4.90 Å². The fourth-order valence-corrected chi connectivity index (χ4v) is 1.32. The van der Waals surface area contributed by atoms with Gasteiger partial charge in [0.25, 0.3) is 0 Å². The summed E-state index contributed by atoms with van der Waals surface area (Å²) in [4.78, 5) is 2.00. The number of ether oxygens (including phenoxy) is 1. The fraction of sp³-hybridized carbons (Fsp3) is 1.00. The van der Waals surface area contributed by atoms with E-state index < -0.39 is 19.2 Å². The van der Waals surface area contributed by atoms with Gasteiger partial charge in [-0.25, -0.2) is 0 Å². The summed E-state index contributed by atoms with van der Waals surface area (Å²) in [7, 11) is -2.42. The predicted octanol–water partition coefficient (Wildman–Crippen LogP) is 0.0863. The van der Waals surface area contributed by atoms with Gasteiger partial charge in [0, 0.05) is 26.2 Å². The second kappa shape index (κ2) is 3.52. The Hall–Kier alpha value is -0.120. The summed E-state index contributed by atoms with van der Waals surface area (Å²) in [5.74, 6) is 0. The van der Waals surface area contributed by atoms with E-state index in [9.17, 15) is 5.11 Å². The topological polar surface area (TPSA) is 32.7 Å². The quantitative estimate of drug-likeness (QED) is 0.624.